The van der Waals surface area contributed by atoms with Gasteiger partial charge in [-0.3, -0.25) is 5.10 Å². The predicted octanol–water partition coefficient (Wildman–Crippen LogP) is 3.42. The van der Waals surface area contributed by atoms with Gasteiger partial charge in [0.15, 0.2) is 5.82 Å². The number of nitrogens with zero attached hydrogens (tertiary/aromatic N) is 3. The molecule has 20 heavy (non-hydrogen) atoms. The largest absolute Gasteiger partial charge is 0.382 e. The van der Waals surface area contributed by atoms with Crippen molar-refractivity contribution in [1.29, 1.82) is 0 Å². The van der Waals surface area contributed by atoms with Gasteiger partial charge in [0.25, 0.3) is 0 Å². The molecule has 0 saturated carbocycles. The van der Waals surface area contributed by atoms with Crippen LogP contribution in [0.1, 0.15) is 0 Å². The minimum atomic E-state index is 0.362. The first-order chi connectivity index (χ1) is 9.66. The van der Waals surface area contributed by atoms with Crippen LogP contribution in [0.4, 0.5) is 5.82 Å². The maximum Gasteiger partial charge on any atom is 0.153 e. The fourth-order valence-electron chi connectivity index (χ4n) is 1.97. The third-order valence-corrected chi connectivity index (χ3v) is 3.42. The van der Waals surface area contributed by atoms with Gasteiger partial charge in [-0.2, -0.15) is 15.3 Å². The number of hydrogen-bond acceptors (Lipinski definition) is 4. The second-order valence-corrected chi connectivity index (χ2v) is 4.96. The van der Waals surface area contributed by atoms with Gasteiger partial charge in [-0.15, -0.1) is 0 Å². The molecular formula is C13H9Cl2N5. The molecule has 2 heterocycles. The average Bonchev–Trinajstić information content (AvgIpc) is 2.82. The van der Waals surface area contributed by atoms with Crippen molar-refractivity contribution in [3.05, 3.63) is 46.7 Å². The summed E-state index contributed by atoms with van der Waals surface area (Å²) in [6.07, 6.45) is 3.22. The van der Waals surface area contributed by atoms with E-state index in [1.807, 2.05) is 12.1 Å². The maximum absolute atomic E-state index is 6.24. The number of nitrogen functional groups attached to an aromatic ring is 1. The van der Waals surface area contributed by atoms with Gasteiger partial charge in [0.1, 0.15) is 0 Å². The molecule has 3 rings (SSSR count). The second kappa shape index (κ2) is 5.11. The molecule has 0 radical (unpaired) electrons. The molecule has 0 amide bonds. The fraction of sp³-hybridized carbons (Fsp3) is 0. The molecule has 0 aliphatic rings. The number of nitrogens with two attached hydrogens (primary N) is 1. The SMILES string of the molecule is Nc1n[nH]c(-c2ccnnc2)c1-c1ccc(Cl)cc1Cl. The number of anilines is 1. The number of nitrogens with one attached hydrogen (secondary N) is 1. The molecule has 0 saturated heterocycles. The summed E-state index contributed by atoms with van der Waals surface area (Å²) in [7, 11) is 0. The van der Waals surface area contributed by atoms with E-state index in [1.165, 1.54) is 0 Å². The molecular weight excluding hydrogens is 297 g/mol. The van der Waals surface area contributed by atoms with E-state index in [0.29, 0.717) is 15.9 Å². The molecule has 0 unspecified atom stereocenters. The van der Waals surface area contributed by atoms with Crippen LogP contribution >= 0.6 is 23.2 Å². The highest BCUT2D eigenvalue weighted by molar-refractivity contribution is 6.36. The Hall–Kier alpha value is -2.11. The predicted molar refractivity (Wildman–Crippen MR) is 79.5 cm³/mol. The summed E-state index contributed by atoms with van der Waals surface area (Å²) < 4.78 is 0. The van der Waals surface area contributed by atoms with Crippen molar-refractivity contribution in [2.24, 2.45) is 0 Å². The Balaban J connectivity index is 2.22. The zero-order valence-corrected chi connectivity index (χ0v) is 11.7. The zero-order chi connectivity index (χ0) is 14.1. The van der Waals surface area contributed by atoms with E-state index in [4.69, 9.17) is 28.9 Å². The van der Waals surface area contributed by atoms with E-state index in [1.54, 1.807) is 24.5 Å². The maximum atomic E-state index is 6.24. The van der Waals surface area contributed by atoms with Gasteiger partial charge in [0.05, 0.1) is 28.7 Å². The van der Waals surface area contributed by atoms with Gasteiger partial charge in [-0.1, -0.05) is 29.3 Å². The number of halogens is 2. The lowest BCUT2D eigenvalue weighted by molar-refractivity contribution is 1.03. The fourth-order valence-corrected chi connectivity index (χ4v) is 2.47. The van der Waals surface area contributed by atoms with Crippen molar-refractivity contribution in [2.75, 3.05) is 5.73 Å². The summed E-state index contributed by atoms with van der Waals surface area (Å²) in [6, 6.07) is 7.04. The third kappa shape index (κ3) is 2.21. The van der Waals surface area contributed by atoms with Gasteiger partial charge in [-0.25, -0.2) is 0 Å². The summed E-state index contributed by atoms with van der Waals surface area (Å²) in [5.41, 5.74) is 8.99. The monoisotopic (exact) mass is 305 g/mol. The highest BCUT2D eigenvalue weighted by atomic mass is 35.5. The Bertz CT molecular complexity index is 755. The van der Waals surface area contributed by atoms with Crippen molar-refractivity contribution in [3.63, 3.8) is 0 Å². The van der Waals surface area contributed by atoms with Crippen LogP contribution in [0.15, 0.2) is 36.7 Å². The number of H-pyrrole nitrogens is 1. The Labute approximate surface area is 124 Å². The molecule has 100 valence electrons. The van der Waals surface area contributed by atoms with Crippen LogP contribution in [0.25, 0.3) is 22.4 Å². The average molecular weight is 306 g/mol. The Kier molecular flexibility index (Phi) is 3.30. The lowest BCUT2D eigenvalue weighted by Gasteiger charge is -2.07. The molecule has 7 heteroatoms. The number of benzene rings is 1. The van der Waals surface area contributed by atoms with Gasteiger partial charge >= 0.3 is 0 Å². The smallest absolute Gasteiger partial charge is 0.153 e. The normalized spacial score (nSPS) is 10.7. The van der Waals surface area contributed by atoms with E-state index in [0.717, 1.165) is 22.4 Å². The molecule has 3 aromatic rings. The molecule has 0 atom stereocenters. The standard InChI is InChI=1S/C13H9Cl2N5/c14-8-1-2-9(10(15)5-8)11-12(19-20-13(11)16)7-3-4-17-18-6-7/h1-6H,(H3,16,19,20). The van der Waals surface area contributed by atoms with Crippen molar-refractivity contribution in [1.82, 2.24) is 20.4 Å². The minimum absolute atomic E-state index is 0.362. The van der Waals surface area contributed by atoms with Gasteiger partial charge < -0.3 is 5.73 Å². The summed E-state index contributed by atoms with van der Waals surface area (Å²) in [5.74, 6) is 0.362. The van der Waals surface area contributed by atoms with Crippen LogP contribution < -0.4 is 5.73 Å². The Morgan fingerprint density at radius 3 is 2.65 bits per heavy atom. The molecule has 0 aliphatic carbocycles. The lowest BCUT2D eigenvalue weighted by Crippen LogP contribution is -1.90. The molecule has 0 bridgehead atoms. The van der Waals surface area contributed by atoms with Crippen LogP contribution in [0, 0.1) is 0 Å². The molecule has 5 nitrogen and oxygen atoms in total. The van der Waals surface area contributed by atoms with Gasteiger partial charge in [-0.05, 0) is 18.2 Å². The molecule has 3 N–H and O–H groups in total. The van der Waals surface area contributed by atoms with Crippen LogP contribution in [0.3, 0.4) is 0 Å². The number of rotatable bonds is 2. The number of aromatic nitrogens is 4. The number of aromatic amines is 1. The van der Waals surface area contributed by atoms with Crippen molar-refractivity contribution in [3.8, 4) is 22.4 Å². The summed E-state index contributed by atoms with van der Waals surface area (Å²) in [5, 5.41) is 15.6. The van der Waals surface area contributed by atoms with E-state index in [9.17, 15) is 0 Å². The lowest BCUT2D eigenvalue weighted by atomic mass is 10.0. The van der Waals surface area contributed by atoms with Crippen molar-refractivity contribution in [2.45, 2.75) is 0 Å². The molecule has 0 aliphatic heterocycles. The Morgan fingerprint density at radius 1 is 1.10 bits per heavy atom. The Morgan fingerprint density at radius 2 is 1.95 bits per heavy atom. The van der Waals surface area contributed by atoms with Crippen molar-refractivity contribution < 1.29 is 0 Å². The van der Waals surface area contributed by atoms with Crippen LogP contribution in [0.5, 0.6) is 0 Å². The summed E-state index contributed by atoms with van der Waals surface area (Å²) in [6.45, 7) is 0. The van der Waals surface area contributed by atoms with E-state index < -0.39 is 0 Å². The highest BCUT2D eigenvalue weighted by Crippen LogP contribution is 2.38. The van der Waals surface area contributed by atoms with E-state index in [2.05, 4.69) is 20.4 Å². The molecule has 1 aromatic carbocycles. The topological polar surface area (TPSA) is 80.5 Å². The van der Waals surface area contributed by atoms with Crippen LogP contribution in [-0.2, 0) is 0 Å². The summed E-state index contributed by atoms with van der Waals surface area (Å²) in [4.78, 5) is 0. The first-order valence-corrected chi connectivity index (χ1v) is 6.48. The van der Waals surface area contributed by atoms with Crippen LogP contribution in [-0.4, -0.2) is 20.4 Å². The minimum Gasteiger partial charge on any atom is -0.382 e. The quantitative estimate of drug-likeness (QED) is 0.760. The van der Waals surface area contributed by atoms with E-state index >= 15 is 0 Å². The van der Waals surface area contributed by atoms with Crippen molar-refractivity contribution >= 4 is 29.0 Å². The second-order valence-electron chi connectivity index (χ2n) is 4.11. The molecule has 0 fully saturated rings. The van der Waals surface area contributed by atoms with E-state index in [-0.39, 0.29) is 0 Å². The highest BCUT2D eigenvalue weighted by Gasteiger charge is 2.17. The number of hydrogen-bond donors (Lipinski definition) is 2. The van der Waals surface area contributed by atoms with Gasteiger partial charge in [0.2, 0.25) is 0 Å². The van der Waals surface area contributed by atoms with Gasteiger partial charge in [0, 0.05) is 16.1 Å². The first-order valence-electron chi connectivity index (χ1n) is 5.73. The molecule has 2 aromatic heterocycles. The summed E-state index contributed by atoms with van der Waals surface area (Å²) >= 11 is 12.2. The zero-order valence-electron chi connectivity index (χ0n) is 10.1. The molecule has 0 spiro atoms. The third-order valence-electron chi connectivity index (χ3n) is 2.87. The first kappa shape index (κ1) is 12.9. The van der Waals surface area contributed by atoms with Crippen LogP contribution in [0.2, 0.25) is 10.0 Å².